The highest BCUT2D eigenvalue weighted by molar-refractivity contribution is 5.83. The van der Waals surface area contributed by atoms with Crippen molar-refractivity contribution < 1.29 is 28.0 Å². The van der Waals surface area contributed by atoms with Gasteiger partial charge in [0.15, 0.2) is 0 Å². The molecular formula is C12H14F3N5O4. The maximum absolute atomic E-state index is 13.0. The summed E-state index contributed by atoms with van der Waals surface area (Å²) in [4.78, 5) is 22.7. The average Bonchev–Trinajstić information content (AvgIpc) is 2.98. The molecule has 1 aromatic heterocycles. The summed E-state index contributed by atoms with van der Waals surface area (Å²) in [5.41, 5.74) is -3.74. The first-order valence-corrected chi connectivity index (χ1v) is 6.77. The first-order chi connectivity index (χ1) is 10.9. The molecule has 132 valence electrons. The van der Waals surface area contributed by atoms with Crippen LogP contribution in [0.1, 0.15) is 30.8 Å². The van der Waals surface area contributed by atoms with Gasteiger partial charge in [-0.3, -0.25) is 19.6 Å². The van der Waals surface area contributed by atoms with E-state index < -0.39 is 35.2 Å². The summed E-state index contributed by atoms with van der Waals surface area (Å²) in [5.74, 6) is -1.19. The Labute approximate surface area is 133 Å². The van der Waals surface area contributed by atoms with Crippen LogP contribution in [0.4, 0.5) is 18.9 Å². The van der Waals surface area contributed by atoms with Crippen LogP contribution in [0.5, 0.6) is 0 Å². The molecule has 0 saturated carbocycles. The summed E-state index contributed by atoms with van der Waals surface area (Å²) >= 11 is 0. The molecule has 2 heterocycles. The second kappa shape index (κ2) is 5.54. The number of hydrazone groups is 1. The third-order valence-electron chi connectivity index (χ3n) is 3.78. The molecule has 1 aliphatic rings. The zero-order chi connectivity index (χ0) is 18.4. The van der Waals surface area contributed by atoms with Crippen LogP contribution in [-0.2, 0) is 4.79 Å². The highest BCUT2D eigenvalue weighted by Crippen LogP contribution is 2.39. The molecule has 0 aromatic carbocycles. The van der Waals surface area contributed by atoms with E-state index in [1.807, 2.05) is 0 Å². The van der Waals surface area contributed by atoms with Gasteiger partial charge in [0.1, 0.15) is 17.4 Å². The fraction of sp³-hybridized carbons (Fsp3) is 0.583. The fourth-order valence-corrected chi connectivity index (χ4v) is 2.48. The molecule has 1 aromatic rings. The van der Waals surface area contributed by atoms with Gasteiger partial charge in [-0.2, -0.15) is 28.4 Å². The van der Waals surface area contributed by atoms with Crippen molar-refractivity contribution in [2.45, 2.75) is 45.1 Å². The quantitative estimate of drug-likeness (QED) is 0.655. The number of aliphatic hydroxyl groups is 1. The highest BCUT2D eigenvalue weighted by Gasteiger charge is 2.62. The van der Waals surface area contributed by atoms with Gasteiger partial charge in [-0.1, -0.05) is 0 Å². The van der Waals surface area contributed by atoms with Crippen LogP contribution >= 0.6 is 0 Å². The molecule has 2 atom stereocenters. The Balaban J connectivity index is 2.39. The summed E-state index contributed by atoms with van der Waals surface area (Å²) < 4.78 is 40.1. The topological polar surface area (TPSA) is 114 Å². The van der Waals surface area contributed by atoms with Crippen molar-refractivity contribution in [1.29, 1.82) is 0 Å². The van der Waals surface area contributed by atoms with E-state index in [2.05, 4.69) is 10.2 Å². The van der Waals surface area contributed by atoms with Gasteiger partial charge in [-0.25, -0.2) is 0 Å². The number of amides is 1. The van der Waals surface area contributed by atoms with E-state index in [-0.39, 0.29) is 22.1 Å². The standard InChI is InChI=1S/C12H14F3N5O4/c1-6-9(20(23)24)7(2)18(17-6)8(3)10(21)19-11(22,4-5-16-19)12(13,14)15/h5,8,22H,4H2,1-3H3/t8-,11+/m0/s1. The number of nitro groups is 1. The molecule has 9 nitrogen and oxygen atoms in total. The molecule has 0 bridgehead atoms. The second-order valence-electron chi connectivity index (χ2n) is 5.36. The molecule has 24 heavy (non-hydrogen) atoms. The Hall–Kier alpha value is -2.50. The van der Waals surface area contributed by atoms with E-state index in [4.69, 9.17) is 0 Å². The Morgan fingerprint density at radius 1 is 1.50 bits per heavy atom. The molecule has 0 spiro atoms. The van der Waals surface area contributed by atoms with Crippen molar-refractivity contribution in [3.63, 3.8) is 0 Å². The summed E-state index contributed by atoms with van der Waals surface area (Å²) in [6.07, 6.45) is -5.23. The minimum absolute atomic E-state index is 0.0112. The van der Waals surface area contributed by atoms with E-state index >= 15 is 0 Å². The molecule has 0 aliphatic carbocycles. The summed E-state index contributed by atoms with van der Waals surface area (Å²) in [7, 11) is 0. The lowest BCUT2D eigenvalue weighted by atomic mass is 10.1. The third-order valence-corrected chi connectivity index (χ3v) is 3.78. The lowest BCUT2D eigenvalue weighted by Gasteiger charge is -2.33. The summed E-state index contributed by atoms with van der Waals surface area (Å²) in [6, 6.07) is -1.33. The van der Waals surface area contributed by atoms with Gasteiger partial charge >= 0.3 is 11.9 Å². The highest BCUT2D eigenvalue weighted by atomic mass is 19.4. The number of rotatable bonds is 3. The lowest BCUT2D eigenvalue weighted by Crippen LogP contribution is -2.57. The number of hydrogen-bond acceptors (Lipinski definition) is 6. The largest absolute Gasteiger partial charge is 0.438 e. The Bertz CT molecular complexity index is 729. The number of hydrogen-bond donors (Lipinski definition) is 1. The smallest absolute Gasteiger partial charge is 0.362 e. The number of alkyl halides is 3. The van der Waals surface area contributed by atoms with Crippen LogP contribution in [0, 0.1) is 24.0 Å². The second-order valence-corrected chi connectivity index (χ2v) is 5.36. The van der Waals surface area contributed by atoms with Crippen LogP contribution in [0.25, 0.3) is 0 Å². The first-order valence-electron chi connectivity index (χ1n) is 6.77. The van der Waals surface area contributed by atoms with Gasteiger partial charge in [0.25, 0.3) is 11.6 Å². The van der Waals surface area contributed by atoms with Crippen molar-refractivity contribution >= 4 is 17.8 Å². The van der Waals surface area contributed by atoms with Crippen LogP contribution in [-0.4, -0.2) is 48.8 Å². The van der Waals surface area contributed by atoms with Crippen molar-refractivity contribution in [2.24, 2.45) is 5.10 Å². The first kappa shape index (κ1) is 17.8. The van der Waals surface area contributed by atoms with E-state index in [0.717, 1.165) is 10.9 Å². The Morgan fingerprint density at radius 3 is 2.54 bits per heavy atom. The van der Waals surface area contributed by atoms with Gasteiger partial charge in [0.2, 0.25) is 0 Å². The fourth-order valence-electron chi connectivity index (χ4n) is 2.48. The predicted octanol–water partition coefficient (Wildman–Crippen LogP) is 1.44. The van der Waals surface area contributed by atoms with Gasteiger partial charge in [-0.15, -0.1) is 0 Å². The lowest BCUT2D eigenvalue weighted by molar-refractivity contribution is -0.386. The van der Waals surface area contributed by atoms with Crippen LogP contribution in [0.2, 0.25) is 0 Å². The van der Waals surface area contributed by atoms with Crippen LogP contribution in [0.3, 0.4) is 0 Å². The van der Waals surface area contributed by atoms with Crippen LogP contribution < -0.4 is 0 Å². The number of halogens is 3. The minimum atomic E-state index is -5.11. The third kappa shape index (κ3) is 2.52. The van der Waals surface area contributed by atoms with E-state index in [1.54, 1.807) is 0 Å². The van der Waals surface area contributed by atoms with E-state index in [0.29, 0.717) is 0 Å². The van der Waals surface area contributed by atoms with Crippen molar-refractivity contribution in [3.8, 4) is 0 Å². The number of aromatic nitrogens is 2. The Kier molecular flexibility index (Phi) is 4.12. The molecule has 1 amide bonds. The number of carbonyl (C=O) groups excluding carboxylic acids is 1. The predicted molar refractivity (Wildman–Crippen MR) is 74.0 cm³/mol. The Morgan fingerprint density at radius 2 is 2.08 bits per heavy atom. The van der Waals surface area contributed by atoms with Crippen molar-refractivity contribution in [2.75, 3.05) is 0 Å². The zero-order valence-electron chi connectivity index (χ0n) is 12.9. The molecule has 2 rings (SSSR count). The summed E-state index contributed by atoms with van der Waals surface area (Å²) in [5, 5.41) is 27.9. The average molecular weight is 349 g/mol. The zero-order valence-corrected chi connectivity index (χ0v) is 12.9. The summed E-state index contributed by atoms with van der Waals surface area (Å²) in [6.45, 7) is 3.89. The molecule has 0 radical (unpaired) electrons. The molecular weight excluding hydrogens is 335 g/mol. The molecule has 0 saturated heterocycles. The maximum Gasteiger partial charge on any atom is 0.438 e. The van der Waals surface area contributed by atoms with Gasteiger partial charge in [0, 0.05) is 12.6 Å². The number of aryl methyl sites for hydroxylation is 1. The number of nitrogens with zero attached hydrogens (tertiary/aromatic N) is 5. The van der Waals surface area contributed by atoms with E-state index in [9.17, 15) is 33.2 Å². The van der Waals surface area contributed by atoms with Gasteiger partial charge in [-0.05, 0) is 20.8 Å². The van der Waals surface area contributed by atoms with Gasteiger partial charge in [0.05, 0.1) is 4.92 Å². The molecule has 12 heteroatoms. The monoisotopic (exact) mass is 349 g/mol. The maximum atomic E-state index is 13.0. The molecule has 1 N–H and O–H groups in total. The molecule has 0 unspecified atom stereocenters. The normalized spacial score (nSPS) is 22.0. The van der Waals surface area contributed by atoms with Crippen molar-refractivity contribution in [1.82, 2.24) is 14.8 Å². The van der Waals surface area contributed by atoms with Gasteiger partial charge < -0.3 is 5.11 Å². The van der Waals surface area contributed by atoms with Crippen molar-refractivity contribution in [3.05, 3.63) is 21.5 Å². The SMILES string of the molecule is Cc1nn([C@@H](C)C(=O)N2N=CC[C@@]2(O)C(F)(F)F)c(C)c1[N+](=O)[O-]. The van der Waals surface area contributed by atoms with Crippen LogP contribution in [0.15, 0.2) is 5.10 Å². The van der Waals surface area contributed by atoms with E-state index in [1.165, 1.54) is 20.8 Å². The molecule has 1 aliphatic heterocycles. The minimum Gasteiger partial charge on any atom is -0.362 e. The molecule has 0 fully saturated rings. The number of carbonyl (C=O) groups is 1.